The molecule has 1 N–H and O–H groups in total. The third-order valence-corrected chi connectivity index (χ3v) is 5.87. The third kappa shape index (κ3) is 3.30. The molecule has 3 aliphatic rings. The normalized spacial score (nSPS) is 26.9. The van der Waals surface area contributed by atoms with Crippen LogP contribution in [0.5, 0.6) is 0 Å². The minimum absolute atomic E-state index is 0.185. The molecule has 23 heavy (non-hydrogen) atoms. The smallest absolute Gasteiger partial charge is 0.222 e. The molecule has 1 aromatic rings. The average molecular weight is 312 g/mol. The highest BCUT2D eigenvalue weighted by atomic mass is 16.2. The lowest BCUT2D eigenvalue weighted by atomic mass is 9.97. The average Bonchev–Trinajstić information content (AvgIpc) is 3.43. The second-order valence-corrected chi connectivity index (χ2v) is 7.85. The standard InChI is InChI=1S/C20H28N2O/c1-15-4-2-3-5-18(15)20(11-12-20)21-17-8-9-19(23)22(13-10-17)14-16-6-7-16/h2-5,16-17,21H,6-14H2,1H3/t17-/m1/s1. The molecule has 1 heterocycles. The van der Waals surface area contributed by atoms with Gasteiger partial charge in [0.1, 0.15) is 0 Å². The number of hydrogen-bond donors (Lipinski definition) is 1. The minimum Gasteiger partial charge on any atom is -0.342 e. The molecule has 0 spiro atoms. The van der Waals surface area contributed by atoms with Crippen LogP contribution in [0.3, 0.4) is 0 Å². The third-order valence-electron chi connectivity index (χ3n) is 5.87. The molecular weight excluding hydrogens is 284 g/mol. The van der Waals surface area contributed by atoms with Crippen molar-refractivity contribution >= 4 is 5.91 Å². The Bertz CT molecular complexity index is 589. The summed E-state index contributed by atoms with van der Waals surface area (Å²) in [5.74, 6) is 1.17. The van der Waals surface area contributed by atoms with Gasteiger partial charge in [-0.05, 0) is 62.5 Å². The van der Waals surface area contributed by atoms with E-state index >= 15 is 0 Å². The highest BCUT2D eigenvalue weighted by Crippen LogP contribution is 2.47. The van der Waals surface area contributed by atoms with Gasteiger partial charge >= 0.3 is 0 Å². The van der Waals surface area contributed by atoms with Crippen molar-refractivity contribution in [1.82, 2.24) is 10.2 Å². The van der Waals surface area contributed by atoms with Crippen LogP contribution >= 0.6 is 0 Å². The lowest BCUT2D eigenvalue weighted by molar-refractivity contribution is -0.130. The van der Waals surface area contributed by atoms with Gasteiger partial charge in [-0.2, -0.15) is 0 Å². The van der Waals surface area contributed by atoms with E-state index in [0.29, 0.717) is 18.4 Å². The van der Waals surface area contributed by atoms with Gasteiger partial charge in [-0.1, -0.05) is 24.3 Å². The highest BCUT2D eigenvalue weighted by molar-refractivity contribution is 5.76. The van der Waals surface area contributed by atoms with Crippen LogP contribution in [0.4, 0.5) is 0 Å². The summed E-state index contributed by atoms with van der Waals surface area (Å²) in [6.07, 6.45) is 7.92. The molecule has 0 unspecified atom stereocenters. The van der Waals surface area contributed by atoms with Crippen molar-refractivity contribution in [3.05, 3.63) is 35.4 Å². The van der Waals surface area contributed by atoms with Gasteiger partial charge in [0.15, 0.2) is 0 Å². The summed E-state index contributed by atoms with van der Waals surface area (Å²) in [7, 11) is 0. The molecular formula is C20H28N2O. The molecule has 1 saturated heterocycles. The SMILES string of the molecule is Cc1ccccc1C1(N[C@@H]2CCC(=O)N(CC3CC3)CC2)CC1. The van der Waals surface area contributed by atoms with E-state index in [-0.39, 0.29) is 5.54 Å². The van der Waals surface area contributed by atoms with E-state index in [1.165, 1.54) is 36.8 Å². The maximum Gasteiger partial charge on any atom is 0.222 e. The van der Waals surface area contributed by atoms with Crippen molar-refractivity contribution in [2.45, 2.75) is 63.5 Å². The number of amides is 1. The first-order valence-electron chi connectivity index (χ1n) is 9.28. The minimum atomic E-state index is 0.185. The van der Waals surface area contributed by atoms with E-state index in [4.69, 9.17) is 0 Å². The molecule has 3 nitrogen and oxygen atoms in total. The Morgan fingerprint density at radius 2 is 1.96 bits per heavy atom. The molecule has 3 heteroatoms. The number of nitrogens with one attached hydrogen (secondary N) is 1. The van der Waals surface area contributed by atoms with Crippen LogP contribution < -0.4 is 5.32 Å². The van der Waals surface area contributed by atoms with Crippen LogP contribution in [0.1, 0.15) is 56.1 Å². The predicted octanol–water partition coefficient (Wildman–Crippen LogP) is 3.36. The van der Waals surface area contributed by atoms with Gasteiger partial charge in [-0.15, -0.1) is 0 Å². The molecule has 1 aromatic carbocycles. The van der Waals surface area contributed by atoms with E-state index in [1.54, 1.807) is 0 Å². The number of carbonyl (C=O) groups is 1. The molecule has 4 rings (SSSR count). The lowest BCUT2D eigenvalue weighted by Crippen LogP contribution is -2.39. The summed E-state index contributed by atoms with van der Waals surface area (Å²) < 4.78 is 0. The first-order chi connectivity index (χ1) is 11.2. The van der Waals surface area contributed by atoms with E-state index < -0.39 is 0 Å². The van der Waals surface area contributed by atoms with Gasteiger partial charge in [-0.3, -0.25) is 4.79 Å². The van der Waals surface area contributed by atoms with Gasteiger partial charge in [-0.25, -0.2) is 0 Å². The van der Waals surface area contributed by atoms with Crippen LogP contribution in [0.2, 0.25) is 0 Å². The first kappa shape index (κ1) is 15.2. The molecule has 1 atom stereocenters. The van der Waals surface area contributed by atoms with E-state index in [1.807, 2.05) is 0 Å². The summed E-state index contributed by atoms with van der Waals surface area (Å²) in [5.41, 5.74) is 3.04. The van der Waals surface area contributed by atoms with Crippen LogP contribution in [0.25, 0.3) is 0 Å². The Morgan fingerprint density at radius 3 is 2.65 bits per heavy atom. The molecule has 3 fully saturated rings. The second-order valence-electron chi connectivity index (χ2n) is 7.85. The van der Waals surface area contributed by atoms with E-state index in [0.717, 1.165) is 31.8 Å². The van der Waals surface area contributed by atoms with Crippen molar-refractivity contribution in [1.29, 1.82) is 0 Å². The van der Waals surface area contributed by atoms with Crippen molar-refractivity contribution in [2.75, 3.05) is 13.1 Å². The van der Waals surface area contributed by atoms with Crippen molar-refractivity contribution in [2.24, 2.45) is 5.92 Å². The number of hydrogen-bond acceptors (Lipinski definition) is 2. The topological polar surface area (TPSA) is 32.3 Å². The fourth-order valence-corrected chi connectivity index (χ4v) is 4.10. The Hall–Kier alpha value is -1.35. The number of benzene rings is 1. The fraction of sp³-hybridized carbons (Fsp3) is 0.650. The fourth-order valence-electron chi connectivity index (χ4n) is 4.10. The highest BCUT2D eigenvalue weighted by Gasteiger charge is 2.46. The maximum absolute atomic E-state index is 12.3. The molecule has 0 radical (unpaired) electrons. The molecule has 1 aliphatic heterocycles. The van der Waals surface area contributed by atoms with Crippen molar-refractivity contribution < 1.29 is 4.79 Å². The largest absolute Gasteiger partial charge is 0.342 e. The van der Waals surface area contributed by atoms with Gasteiger partial charge in [0, 0.05) is 31.1 Å². The molecule has 2 saturated carbocycles. The zero-order valence-electron chi connectivity index (χ0n) is 14.2. The monoisotopic (exact) mass is 312 g/mol. The Balaban J connectivity index is 1.41. The molecule has 1 amide bonds. The maximum atomic E-state index is 12.3. The number of carbonyl (C=O) groups excluding carboxylic acids is 1. The molecule has 0 aromatic heterocycles. The quantitative estimate of drug-likeness (QED) is 0.904. The zero-order chi connectivity index (χ0) is 15.9. The van der Waals surface area contributed by atoms with Gasteiger partial charge in [0.05, 0.1) is 0 Å². The zero-order valence-corrected chi connectivity index (χ0v) is 14.2. The van der Waals surface area contributed by atoms with Crippen LogP contribution in [-0.2, 0) is 10.3 Å². The van der Waals surface area contributed by atoms with Gasteiger partial charge in [0.25, 0.3) is 0 Å². The summed E-state index contributed by atoms with van der Waals surface area (Å²) in [4.78, 5) is 14.5. The molecule has 124 valence electrons. The second kappa shape index (κ2) is 5.94. The Kier molecular flexibility index (Phi) is 3.92. The van der Waals surface area contributed by atoms with E-state index in [9.17, 15) is 4.79 Å². The number of aryl methyl sites for hydroxylation is 1. The summed E-state index contributed by atoms with van der Waals surface area (Å²) in [6, 6.07) is 9.24. The number of likely N-dealkylation sites (tertiary alicyclic amines) is 1. The number of nitrogens with zero attached hydrogens (tertiary/aromatic N) is 1. The summed E-state index contributed by atoms with van der Waals surface area (Å²) in [5, 5.41) is 3.93. The van der Waals surface area contributed by atoms with E-state index in [2.05, 4.69) is 41.4 Å². The predicted molar refractivity (Wildman–Crippen MR) is 92.2 cm³/mol. The van der Waals surface area contributed by atoms with Gasteiger partial charge in [0.2, 0.25) is 5.91 Å². The summed E-state index contributed by atoms with van der Waals surface area (Å²) in [6.45, 7) is 4.16. The lowest BCUT2D eigenvalue weighted by Gasteiger charge is -2.26. The molecule has 2 aliphatic carbocycles. The summed E-state index contributed by atoms with van der Waals surface area (Å²) >= 11 is 0. The van der Waals surface area contributed by atoms with Crippen LogP contribution in [0.15, 0.2) is 24.3 Å². The van der Waals surface area contributed by atoms with Crippen molar-refractivity contribution in [3.63, 3.8) is 0 Å². The Labute approximate surface area is 139 Å². The number of rotatable bonds is 5. The van der Waals surface area contributed by atoms with Crippen LogP contribution in [0, 0.1) is 12.8 Å². The Morgan fingerprint density at radius 1 is 1.17 bits per heavy atom. The molecule has 0 bridgehead atoms. The first-order valence-corrected chi connectivity index (χ1v) is 9.28. The van der Waals surface area contributed by atoms with Crippen LogP contribution in [-0.4, -0.2) is 29.9 Å². The van der Waals surface area contributed by atoms with Gasteiger partial charge < -0.3 is 10.2 Å². The van der Waals surface area contributed by atoms with Crippen molar-refractivity contribution in [3.8, 4) is 0 Å².